The van der Waals surface area contributed by atoms with Crippen LogP contribution >= 0.6 is 11.3 Å². The van der Waals surface area contributed by atoms with Gasteiger partial charge in [0.05, 0.1) is 19.5 Å². The Morgan fingerprint density at radius 1 is 1.39 bits per heavy atom. The third-order valence-electron chi connectivity index (χ3n) is 5.63. The second-order valence-electron chi connectivity index (χ2n) is 7.41. The number of rotatable bonds is 4. The Balaban J connectivity index is 1.65. The van der Waals surface area contributed by atoms with E-state index >= 15 is 0 Å². The zero-order valence-electron chi connectivity index (χ0n) is 16.3. The molecule has 4 rings (SSSR count). The van der Waals surface area contributed by atoms with Crippen LogP contribution in [-0.2, 0) is 17.7 Å². The Hall–Kier alpha value is -2.51. The highest BCUT2D eigenvalue weighted by molar-refractivity contribution is 7.20. The quantitative estimate of drug-likeness (QED) is 0.661. The number of H-pyrrole nitrogens is 1. The van der Waals surface area contributed by atoms with Gasteiger partial charge in [-0.25, -0.2) is 9.78 Å². The molecule has 1 unspecified atom stereocenters. The van der Waals surface area contributed by atoms with Gasteiger partial charge in [0.1, 0.15) is 22.3 Å². The van der Waals surface area contributed by atoms with Crippen molar-refractivity contribution in [1.82, 2.24) is 9.97 Å². The molecule has 1 aliphatic carbocycles. The van der Waals surface area contributed by atoms with Crippen LogP contribution in [0.5, 0.6) is 0 Å². The Morgan fingerprint density at radius 2 is 2.18 bits per heavy atom. The minimum atomic E-state index is -0.428. The third kappa shape index (κ3) is 3.25. The molecule has 146 valence electrons. The number of quaternary nitrogens is 1. The molecule has 0 amide bonds. The maximum Gasteiger partial charge on any atom is 0.348 e. The number of thiophene rings is 1. The number of aromatic nitrogens is 2. The maximum absolute atomic E-state index is 12.7. The van der Waals surface area contributed by atoms with Gasteiger partial charge in [-0.3, -0.25) is 4.79 Å². The van der Waals surface area contributed by atoms with Gasteiger partial charge in [-0.15, -0.1) is 11.3 Å². The number of carbonyl (C=O) groups is 1. The predicted molar refractivity (Wildman–Crippen MR) is 109 cm³/mol. The first-order valence-corrected chi connectivity index (χ1v) is 10.3. The number of carbonyl (C=O) groups excluding carboxylic acids is 1. The first-order valence-electron chi connectivity index (χ1n) is 9.50. The largest absolute Gasteiger partial charge is 0.465 e. The molecule has 0 aliphatic heterocycles. The molecule has 28 heavy (non-hydrogen) atoms. The lowest BCUT2D eigenvalue weighted by Gasteiger charge is -2.30. The topological polar surface area (TPSA) is 76.5 Å². The molecule has 2 heterocycles. The van der Waals surface area contributed by atoms with Gasteiger partial charge in [-0.05, 0) is 30.9 Å². The molecule has 1 aromatic carbocycles. The van der Waals surface area contributed by atoms with Gasteiger partial charge in [0.15, 0.2) is 5.82 Å². The molecule has 0 spiro atoms. The predicted octanol–water partition coefficient (Wildman–Crippen LogP) is 2.17. The van der Waals surface area contributed by atoms with Crippen LogP contribution < -0.4 is 10.5 Å². The zero-order chi connectivity index (χ0) is 19.8. The number of nitrogens with zero attached hydrogens (tertiary/aromatic N) is 1. The smallest absolute Gasteiger partial charge is 0.348 e. The van der Waals surface area contributed by atoms with Gasteiger partial charge in [-0.1, -0.05) is 24.3 Å². The number of aromatic amines is 1. The molecule has 0 fully saturated rings. The monoisotopic (exact) mass is 398 g/mol. The lowest BCUT2D eigenvalue weighted by Crippen LogP contribution is -3.08. The number of ether oxygens (including phenoxy) is 1. The third-order valence-corrected chi connectivity index (χ3v) is 6.80. The number of nitrogens with one attached hydrogen (secondary N) is 2. The molecule has 0 saturated heterocycles. The average molecular weight is 399 g/mol. The van der Waals surface area contributed by atoms with Crippen LogP contribution in [0.2, 0.25) is 0 Å². The summed E-state index contributed by atoms with van der Waals surface area (Å²) in [5.74, 6) is 0.221. The van der Waals surface area contributed by atoms with E-state index in [1.807, 2.05) is 0 Å². The van der Waals surface area contributed by atoms with E-state index in [0.717, 1.165) is 12.8 Å². The molecule has 2 N–H and O–H groups in total. The summed E-state index contributed by atoms with van der Waals surface area (Å²) in [5, 5.41) is 0.481. The van der Waals surface area contributed by atoms with Crippen LogP contribution in [0, 0.1) is 6.92 Å². The Kier molecular flexibility index (Phi) is 5.03. The summed E-state index contributed by atoms with van der Waals surface area (Å²) in [4.78, 5) is 34.5. The van der Waals surface area contributed by atoms with Crippen molar-refractivity contribution in [2.45, 2.75) is 38.8 Å². The summed E-state index contributed by atoms with van der Waals surface area (Å²) < 4.78 is 4.82. The van der Waals surface area contributed by atoms with Gasteiger partial charge in [0.2, 0.25) is 0 Å². The number of methoxy groups -OCH3 is 1. The number of aryl methyl sites for hydroxylation is 2. The van der Waals surface area contributed by atoms with Crippen molar-refractivity contribution in [3.8, 4) is 0 Å². The highest BCUT2D eigenvalue weighted by Gasteiger charge is 2.27. The molecule has 0 bridgehead atoms. The van der Waals surface area contributed by atoms with E-state index in [1.165, 1.54) is 40.9 Å². The summed E-state index contributed by atoms with van der Waals surface area (Å²) in [6.07, 6.45) is 3.43. The summed E-state index contributed by atoms with van der Waals surface area (Å²) in [6, 6.07) is 9.01. The van der Waals surface area contributed by atoms with E-state index in [1.54, 1.807) is 6.92 Å². The Labute approximate surface area is 167 Å². The first kappa shape index (κ1) is 18.8. The fourth-order valence-corrected chi connectivity index (χ4v) is 5.33. The van der Waals surface area contributed by atoms with Crippen LogP contribution in [0.4, 0.5) is 0 Å². The number of benzene rings is 1. The van der Waals surface area contributed by atoms with Crippen molar-refractivity contribution in [1.29, 1.82) is 0 Å². The number of hydrogen-bond donors (Lipinski definition) is 2. The molecule has 0 radical (unpaired) electrons. The van der Waals surface area contributed by atoms with Crippen molar-refractivity contribution >= 4 is 27.5 Å². The van der Waals surface area contributed by atoms with Crippen LogP contribution in [0.3, 0.4) is 0 Å². The minimum absolute atomic E-state index is 0.194. The fraction of sp³-hybridized carbons (Fsp3) is 0.381. The second-order valence-corrected chi connectivity index (χ2v) is 8.41. The van der Waals surface area contributed by atoms with Crippen molar-refractivity contribution < 1.29 is 14.4 Å². The highest BCUT2D eigenvalue weighted by atomic mass is 32.1. The maximum atomic E-state index is 12.7. The van der Waals surface area contributed by atoms with Crippen molar-refractivity contribution in [3.63, 3.8) is 0 Å². The summed E-state index contributed by atoms with van der Waals surface area (Å²) in [5.41, 5.74) is 3.26. The molecule has 1 aliphatic rings. The van der Waals surface area contributed by atoms with E-state index in [9.17, 15) is 9.59 Å². The number of hydrogen-bond acceptors (Lipinski definition) is 5. The van der Waals surface area contributed by atoms with E-state index in [0.29, 0.717) is 39.1 Å². The summed E-state index contributed by atoms with van der Waals surface area (Å²) in [7, 11) is 3.49. The fourth-order valence-electron chi connectivity index (χ4n) is 4.21. The molecule has 0 saturated carbocycles. The molecular weight excluding hydrogens is 374 g/mol. The number of fused-ring (bicyclic) bond motifs is 2. The first-order chi connectivity index (χ1) is 13.5. The summed E-state index contributed by atoms with van der Waals surface area (Å²) in [6.45, 7) is 2.38. The normalized spacial score (nSPS) is 17.3. The van der Waals surface area contributed by atoms with Crippen molar-refractivity contribution in [2.24, 2.45) is 0 Å². The molecule has 2 aromatic heterocycles. The molecular formula is C21H24N3O3S+. The van der Waals surface area contributed by atoms with Gasteiger partial charge in [-0.2, -0.15) is 0 Å². The number of esters is 1. The van der Waals surface area contributed by atoms with Gasteiger partial charge < -0.3 is 14.6 Å². The lowest BCUT2D eigenvalue weighted by molar-refractivity contribution is -0.927. The van der Waals surface area contributed by atoms with Crippen molar-refractivity contribution in [2.75, 3.05) is 14.2 Å². The average Bonchev–Trinajstić information content (AvgIpc) is 3.03. The second kappa shape index (κ2) is 7.48. The standard InChI is InChI=1S/C21H23N3O3S/c1-12-17-19(25)22-16(23-20(17)28-18(12)21(26)27-3)11-24(2)15-10-6-8-13-7-4-5-9-14(13)15/h4-5,7,9,15H,6,8,10-11H2,1-3H3,(H,22,23,25)/p+1/t15-/m1/s1. The van der Waals surface area contributed by atoms with Crippen LogP contribution in [0.25, 0.3) is 10.2 Å². The zero-order valence-corrected chi connectivity index (χ0v) is 17.1. The van der Waals surface area contributed by atoms with E-state index in [-0.39, 0.29) is 5.56 Å². The molecule has 3 aromatic rings. The Morgan fingerprint density at radius 3 is 2.96 bits per heavy atom. The lowest BCUT2D eigenvalue weighted by atomic mass is 9.87. The van der Waals surface area contributed by atoms with Crippen LogP contribution in [0.15, 0.2) is 29.1 Å². The van der Waals surface area contributed by atoms with E-state index < -0.39 is 5.97 Å². The van der Waals surface area contributed by atoms with E-state index in [2.05, 4.69) is 41.3 Å². The van der Waals surface area contributed by atoms with Gasteiger partial charge >= 0.3 is 5.97 Å². The summed E-state index contributed by atoms with van der Waals surface area (Å²) >= 11 is 1.22. The molecule has 7 heteroatoms. The Bertz CT molecular complexity index is 1100. The van der Waals surface area contributed by atoms with Gasteiger partial charge in [0.25, 0.3) is 5.56 Å². The SMILES string of the molecule is COC(=O)c1sc2nc(C[NH+](C)[C@@H]3CCCc4ccccc43)[nH]c(=O)c2c1C. The van der Waals surface area contributed by atoms with Crippen LogP contribution in [-0.4, -0.2) is 30.1 Å². The highest BCUT2D eigenvalue weighted by Crippen LogP contribution is 2.28. The molecule has 2 atom stereocenters. The van der Waals surface area contributed by atoms with Gasteiger partial charge in [0, 0.05) is 12.0 Å². The van der Waals surface area contributed by atoms with Crippen LogP contribution in [0.1, 0.15) is 51.1 Å². The van der Waals surface area contributed by atoms with Crippen molar-refractivity contribution in [3.05, 3.63) is 62.0 Å². The minimum Gasteiger partial charge on any atom is -0.465 e. The molecule has 6 nitrogen and oxygen atoms in total. The van der Waals surface area contributed by atoms with E-state index in [4.69, 9.17) is 4.74 Å².